The number of hydrogen-bond acceptors (Lipinski definition) is 1. The fourth-order valence-electron chi connectivity index (χ4n) is 2.77. The highest BCUT2D eigenvalue weighted by Crippen LogP contribution is 2.50. The van der Waals surface area contributed by atoms with Crippen LogP contribution in [0.3, 0.4) is 0 Å². The van der Waals surface area contributed by atoms with Gasteiger partial charge in [-0.2, -0.15) is 0 Å². The van der Waals surface area contributed by atoms with E-state index in [9.17, 15) is 4.79 Å². The molecule has 2 aliphatic rings. The van der Waals surface area contributed by atoms with Crippen molar-refractivity contribution in [2.45, 2.75) is 32.6 Å². The van der Waals surface area contributed by atoms with E-state index >= 15 is 0 Å². The largest absolute Gasteiger partial charge is 0.300 e. The Morgan fingerprint density at radius 1 is 1.38 bits per heavy atom. The predicted molar refractivity (Wildman–Crippen MR) is 53.3 cm³/mol. The van der Waals surface area contributed by atoms with Crippen LogP contribution >= 0.6 is 0 Å². The second-order valence-corrected chi connectivity index (χ2v) is 4.68. The standard InChI is InChI=1S/C12H18O/c1-3-9-6-11(8(2)13)7-12(9)10-4-5-10/h3,9-12H,1,4-7H2,2H3/t9-,11+,12-/m1/s1. The summed E-state index contributed by atoms with van der Waals surface area (Å²) in [7, 11) is 0. The van der Waals surface area contributed by atoms with Crippen molar-refractivity contribution in [1.82, 2.24) is 0 Å². The van der Waals surface area contributed by atoms with E-state index in [1.165, 1.54) is 12.8 Å². The number of ketones is 1. The van der Waals surface area contributed by atoms with Crippen LogP contribution in [0.4, 0.5) is 0 Å². The first-order chi connectivity index (χ1) is 6.22. The van der Waals surface area contributed by atoms with E-state index in [2.05, 4.69) is 12.7 Å². The zero-order valence-corrected chi connectivity index (χ0v) is 8.33. The van der Waals surface area contributed by atoms with Crippen molar-refractivity contribution in [2.24, 2.45) is 23.7 Å². The van der Waals surface area contributed by atoms with Gasteiger partial charge in [-0.15, -0.1) is 6.58 Å². The van der Waals surface area contributed by atoms with Crippen LogP contribution in [0.2, 0.25) is 0 Å². The van der Waals surface area contributed by atoms with Crippen LogP contribution in [0, 0.1) is 23.7 Å². The Morgan fingerprint density at radius 3 is 2.54 bits per heavy atom. The molecule has 1 heteroatoms. The molecule has 2 fully saturated rings. The van der Waals surface area contributed by atoms with Crippen LogP contribution in [0.25, 0.3) is 0 Å². The zero-order chi connectivity index (χ0) is 9.42. The number of carbonyl (C=O) groups is 1. The molecule has 13 heavy (non-hydrogen) atoms. The number of hydrogen-bond donors (Lipinski definition) is 0. The third kappa shape index (κ3) is 1.70. The summed E-state index contributed by atoms with van der Waals surface area (Å²) >= 11 is 0. The molecule has 0 amide bonds. The highest BCUT2D eigenvalue weighted by molar-refractivity contribution is 5.78. The quantitative estimate of drug-likeness (QED) is 0.607. The van der Waals surface area contributed by atoms with Crippen molar-refractivity contribution in [3.05, 3.63) is 12.7 Å². The summed E-state index contributed by atoms with van der Waals surface area (Å²) in [6, 6.07) is 0. The second kappa shape index (κ2) is 3.28. The Balaban J connectivity index is 2.02. The smallest absolute Gasteiger partial charge is 0.132 e. The number of carbonyl (C=O) groups excluding carboxylic acids is 1. The fourth-order valence-corrected chi connectivity index (χ4v) is 2.77. The van der Waals surface area contributed by atoms with E-state index in [1.807, 2.05) is 0 Å². The third-order valence-corrected chi connectivity index (χ3v) is 3.77. The Bertz CT molecular complexity index is 227. The van der Waals surface area contributed by atoms with Gasteiger partial charge < -0.3 is 0 Å². The first-order valence-electron chi connectivity index (χ1n) is 5.35. The Hall–Kier alpha value is -0.590. The Morgan fingerprint density at radius 2 is 2.08 bits per heavy atom. The van der Waals surface area contributed by atoms with Crippen molar-refractivity contribution in [2.75, 3.05) is 0 Å². The van der Waals surface area contributed by atoms with E-state index in [0.29, 0.717) is 17.6 Å². The first kappa shape index (κ1) is 8.98. The molecule has 3 atom stereocenters. The van der Waals surface area contributed by atoms with Gasteiger partial charge in [0.2, 0.25) is 0 Å². The van der Waals surface area contributed by atoms with E-state index in [-0.39, 0.29) is 0 Å². The van der Waals surface area contributed by atoms with Gasteiger partial charge in [0.05, 0.1) is 0 Å². The molecule has 72 valence electrons. The maximum absolute atomic E-state index is 11.3. The number of allylic oxidation sites excluding steroid dienone is 1. The third-order valence-electron chi connectivity index (χ3n) is 3.77. The van der Waals surface area contributed by atoms with Crippen molar-refractivity contribution in [3.63, 3.8) is 0 Å². The van der Waals surface area contributed by atoms with Crippen molar-refractivity contribution in [3.8, 4) is 0 Å². The molecular formula is C12H18O. The number of Topliss-reactive ketones (excluding diaryl/α,β-unsaturated/α-hetero) is 1. The minimum Gasteiger partial charge on any atom is -0.300 e. The predicted octanol–water partition coefficient (Wildman–Crippen LogP) is 2.81. The molecule has 0 bridgehead atoms. The van der Waals surface area contributed by atoms with Gasteiger partial charge in [-0.3, -0.25) is 4.79 Å². The molecule has 2 rings (SSSR count). The molecule has 0 N–H and O–H groups in total. The normalized spacial score (nSPS) is 39.0. The summed E-state index contributed by atoms with van der Waals surface area (Å²) in [6.45, 7) is 5.62. The average molecular weight is 178 g/mol. The summed E-state index contributed by atoms with van der Waals surface area (Å²) in [5.74, 6) is 3.06. The van der Waals surface area contributed by atoms with Gasteiger partial charge in [0.1, 0.15) is 5.78 Å². The maximum Gasteiger partial charge on any atom is 0.132 e. The molecule has 0 saturated heterocycles. The van der Waals surface area contributed by atoms with E-state index in [4.69, 9.17) is 0 Å². The molecule has 0 unspecified atom stereocenters. The van der Waals surface area contributed by atoms with Gasteiger partial charge in [0.25, 0.3) is 0 Å². The lowest BCUT2D eigenvalue weighted by molar-refractivity contribution is -0.120. The summed E-state index contributed by atoms with van der Waals surface area (Å²) in [4.78, 5) is 11.3. The van der Waals surface area contributed by atoms with Gasteiger partial charge in [-0.25, -0.2) is 0 Å². The molecule has 0 heterocycles. The SMILES string of the molecule is C=C[C@@H]1C[C@H](C(C)=O)C[C@H]1C1CC1. The lowest BCUT2D eigenvalue weighted by atomic mass is 9.92. The summed E-state index contributed by atoms with van der Waals surface area (Å²) in [6.07, 6.45) is 7.06. The monoisotopic (exact) mass is 178 g/mol. The van der Waals surface area contributed by atoms with Crippen LogP contribution < -0.4 is 0 Å². The minimum atomic E-state index is 0.341. The Kier molecular flexibility index (Phi) is 2.27. The Labute approximate surface area is 80.2 Å². The molecule has 0 spiro atoms. The van der Waals surface area contributed by atoms with Crippen molar-refractivity contribution >= 4 is 5.78 Å². The number of rotatable bonds is 3. The van der Waals surface area contributed by atoms with Gasteiger partial charge >= 0.3 is 0 Å². The van der Waals surface area contributed by atoms with Crippen molar-refractivity contribution in [1.29, 1.82) is 0 Å². The van der Waals surface area contributed by atoms with Gasteiger partial charge in [0, 0.05) is 5.92 Å². The molecule has 0 aromatic rings. The molecule has 2 aliphatic carbocycles. The highest BCUT2D eigenvalue weighted by Gasteiger charge is 2.42. The van der Waals surface area contributed by atoms with Crippen LogP contribution in [-0.4, -0.2) is 5.78 Å². The van der Waals surface area contributed by atoms with Crippen LogP contribution in [0.15, 0.2) is 12.7 Å². The van der Waals surface area contributed by atoms with E-state index < -0.39 is 0 Å². The van der Waals surface area contributed by atoms with Crippen LogP contribution in [0.1, 0.15) is 32.6 Å². The van der Waals surface area contributed by atoms with E-state index in [0.717, 1.165) is 24.7 Å². The molecule has 0 aromatic carbocycles. The molecule has 2 saturated carbocycles. The highest BCUT2D eigenvalue weighted by atomic mass is 16.1. The maximum atomic E-state index is 11.3. The van der Waals surface area contributed by atoms with Gasteiger partial charge in [0.15, 0.2) is 0 Å². The second-order valence-electron chi connectivity index (χ2n) is 4.68. The molecule has 0 radical (unpaired) electrons. The van der Waals surface area contributed by atoms with Crippen molar-refractivity contribution < 1.29 is 4.79 Å². The zero-order valence-electron chi connectivity index (χ0n) is 8.33. The lowest BCUT2D eigenvalue weighted by Gasteiger charge is -2.13. The van der Waals surface area contributed by atoms with Crippen LogP contribution in [-0.2, 0) is 4.79 Å². The lowest BCUT2D eigenvalue weighted by Crippen LogP contribution is -2.07. The summed E-state index contributed by atoms with van der Waals surface area (Å²) < 4.78 is 0. The summed E-state index contributed by atoms with van der Waals surface area (Å²) in [5.41, 5.74) is 0. The molecule has 1 nitrogen and oxygen atoms in total. The van der Waals surface area contributed by atoms with Gasteiger partial charge in [-0.1, -0.05) is 6.08 Å². The topological polar surface area (TPSA) is 17.1 Å². The fraction of sp³-hybridized carbons (Fsp3) is 0.750. The molecular weight excluding hydrogens is 160 g/mol. The first-order valence-corrected chi connectivity index (χ1v) is 5.35. The van der Waals surface area contributed by atoms with Gasteiger partial charge in [-0.05, 0) is 50.4 Å². The average Bonchev–Trinajstić information content (AvgIpc) is 2.84. The minimum absolute atomic E-state index is 0.341. The summed E-state index contributed by atoms with van der Waals surface area (Å²) in [5, 5.41) is 0. The molecule has 0 aliphatic heterocycles. The van der Waals surface area contributed by atoms with Crippen LogP contribution in [0.5, 0.6) is 0 Å². The van der Waals surface area contributed by atoms with E-state index in [1.54, 1.807) is 6.92 Å². The molecule has 0 aromatic heterocycles.